The summed E-state index contributed by atoms with van der Waals surface area (Å²) in [7, 11) is 0. The molecule has 0 heterocycles. The van der Waals surface area contributed by atoms with Gasteiger partial charge in [0.25, 0.3) is 0 Å². The Bertz CT molecular complexity index is 405. The zero-order valence-corrected chi connectivity index (χ0v) is 12.1. The third-order valence-corrected chi connectivity index (χ3v) is 3.42. The van der Waals surface area contributed by atoms with Crippen LogP contribution in [0.1, 0.15) is 32.8 Å². The molecule has 0 bridgehead atoms. The highest BCUT2D eigenvalue weighted by molar-refractivity contribution is 5.86. The van der Waals surface area contributed by atoms with Crippen molar-refractivity contribution in [1.82, 2.24) is 4.90 Å². The fourth-order valence-electron chi connectivity index (χ4n) is 2.17. The van der Waals surface area contributed by atoms with Crippen molar-refractivity contribution < 1.29 is 4.79 Å². The minimum atomic E-state index is -1.14. The van der Waals surface area contributed by atoms with E-state index in [0.717, 1.165) is 18.5 Å². The van der Waals surface area contributed by atoms with Gasteiger partial charge in [-0.05, 0) is 32.4 Å². The van der Waals surface area contributed by atoms with Gasteiger partial charge in [-0.3, -0.25) is 9.69 Å². The normalized spacial score (nSPS) is 14.6. The Balaban J connectivity index is 3.03. The van der Waals surface area contributed by atoms with E-state index in [1.807, 2.05) is 30.3 Å². The summed E-state index contributed by atoms with van der Waals surface area (Å²) in [6.07, 6.45) is 1.02. The van der Waals surface area contributed by atoms with Crippen LogP contribution in [-0.2, 0) is 10.3 Å². The average Bonchev–Trinajstić information content (AvgIpc) is 2.38. The fourth-order valence-corrected chi connectivity index (χ4v) is 2.17. The van der Waals surface area contributed by atoms with Gasteiger partial charge in [0.1, 0.15) is 5.54 Å². The summed E-state index contributed by atoms with van der Waals surface area (Å²) < 4.78 is 0. The molecule has 0 fully saturated rings. The van der Waals surface area contributed by atoms with Gasteiger partial charge < -0.3 is 11.5 Å². The number of nitrogens with two attached hydrogens (primary N) is 2. The van der Waals surface area contributed by atoms with E-state index in [1.54, 1.807) is 0 Å². The van der Waals surface area contributed by atoms with Gasteiger partial charge in [-0.2, -0.15) is 0 Å². The van der Waals surface area contributed by atoms with Crippen molar-refractivity contribution in [2.75, 3.05) is 13.1 Å². The van der Waals surface area contributed by atoms with Crippen LogP contribution in [0, 0.1) is 0 Å². The molecular formula is C15H25N3O. The van der Waals surface area contributed by atoms with E-state index in [4.69, 9.17) is 11.5 Å². The first kappa shape index (κ1) is 15.7. The summed E-state index contributed by atoms with van der Waals surface area (Å²) >= 11 is 0. The molecule has 1 aromatic rings. The summed E-state index contributed by atoms with van der Waals surface area (Å²) in [5, 5.41) is 0. The average molecular weight is 263 g/mol. The number of primary amides is 1. The third kappa shape index (κ3) is 3.78. The minimum Gasteiger partial charge on any atom is -0.368 e. The van der Waals surface area contributed by atoms with E-state index in [-0.39, 0.29) is 0 Å². The van der Waals surface area contributed by atoms with Crippen LogP contribution in [0.4, 0.5) is 0 Å². The molecule has 0 aliphatic carbocycles. The van der Waals surface area contributed by atoms with Crippen molar-refractivity contribution in [2.24, 2.45) is 11.5 Å². The lowest BCUT2D eigenvalue weighted by atomic mass is 9.89. The summed E-state index contributed by atoms with van der Waals surface area (Å²) in [5.74, 6) is -0.486. The lowest BCUT2D eigenvalue weighted by molar-refractivity contribution is -0.124. The predicted octanol–water partition coefficient (Wildman–Crippen LogP) is 1.45. The highest BCUT2D eigenvalue weighted by Gasteiger charge is 2.36. The molecule has 0 aromatic heterocycles. The highest BCUT2D eigenvalue weighted by atomic mass is 16.1. The molecule has 1 rings (SSSR count). The second-order valence-electron chi connectivity index (χ2n) is 5.27. The second kappa shape index (κ2) is 6.68. The Morgan fingerprint density at radius 2 is 1.89 bits per heavy atom. The Morgan fingerprint density at radius 3 is 2.32 bits per heavy atom. The van der Waals surface area contributed by atoms with Gasteiger partial charge in [0, 0.05) is 12.6 Å². The molecule has 1 atom stereocenters. The predicted molar refractivity (Wildman–Crippen MR) is 78.5 cm³/mol. The Labute approximate surface area is 115 Å². The first-order chi connectivity index (χ1) is 8.91. The zero-order valence-electron chi connectivity index (χ0n) is 12.1. The van der Waals surface area contributed by atoms with Crippen LogP contribution in [-0.4, -0.2) is 29.9 Å². The lowest BCUT2D eigenvalue weighted by Crippen LogP contribution is -2.57. The number of carbonyl (C=O) groups excluding carboxylic acids is 1. The van der Waals surface area contributed by atoms with Gasteiger partial charge in [0.05, 0.1) is 0 Å². The number of carbonyl (C=O) groups is 1. The molecule has 1 amide bonds. The smallest absolute Gasteiger partial charge is 0.243 e. The number of amides is 1. The number of hydrogen-bond acceptors (Lipinski definition) is 3. The fraction of sp³-hybridized carbons (Fsp3) is 0.533. The number of benzene rings is 1. The minimum absolute atomic E-state index is 0.325. The van der Waals surface area contributed by atoms with Gasteiger partial charge >= 0.3 is 0 Å². The molecule has 4 N–H and O–H groups in total. The molecule has 0 saturated heterocycles. The molecule has 19 heavy (non-hydrogen) atoms. The van der Waals surface area contributed by atoms with E-state index in [9.17, 15) is 4.79 Å². The van der Waals surface area contributed by atoms with E-state index in [0.29, 0.717) is 12.6 Å². The van der Waals surface area contributed by atoms with Gasteiger partial charge in [0.15, 0.2) is 0 Å². The quantitative estimate of drug-likeness (QED) is 0.782. The summed E-state index contributed by atoms with van der Waals surface area (Å²) in [6.45, 7) is 7.65. The van der Waals surface area contributed by atoms with Gasteiger partial charge in [-0.1, -0.05) is 37.3 Å². The van der Waals surface area contributed by atoms with E-state index in [2.05, 4.69) is 25.7 Å². The van der Waals surface area contributed by atoms with Crippen molar-refractivity contribution >= 4 is 5.91 Å². The van der Waals surface area contributed by atoms with Crippen LogP contribution in [0.25, 0.3) is 0 Å². The SMILES string of the molecule is CCCN(CC(N)(C(N)=O)c1ccccc1)C(C)C. The number of hydrogen-bond donors (Lipinski definition) is 2. The second-order valence-corrected chi connectivity index (χ2v) is 5.27. The van der Waals surface area contributed by atoms with Crippen LogP contribution >= 0.6 is 0 Å². The number of rotatable bonds is 7. The van der Waals surface area contributed by atoms with E-state index in [1.165, 1.54) is 0 Å². The standard InChI is InChI=1S/C15H25N3O/c1-4-10-18(12(2)3)11-15(17,14(16)19)13-8-6-5-7-9-13/h5-9,12H,4,10-11,17H2,1-3H3,(H2,16,19). The Hall–Kier alpha value is -1.39. The zero-order chi connectivity index (χ0) is 14.5. The molecular weight excluding hydrogens is 238 g/mol. The van der Waals surface area contributed by atoms with Gasteiger partial charge in [-0.25, -0.2) is 0 Å². The molecule has 0 aliphatic heterocycles. The van der Waals surface area contributed by atoms with Gasteiger partial charge in [0.2, 0.25) is 5.91 Å². The molecule has 4 heteroatoms. The van der Waals surface area contributed by atoms with Crippen molar-refractivity contribution in [2.45, 2.75) is 38.8 Å². The van der Waals surface area contributed by atoms with Crippen LogP contribution in [0.15, 0.2) is 30.3 Å². The summed E-state index contributed by atoms with van der Waals surface area (Å²) in [5.41, 5.74) is 11.5. The maximum absolute atomic E-state index is 11.9. The van der Waals surface area contributed by atoms with Gasteiger partial charge in [-0.15, -0.1) is 0 Å². The maximum Gasteiger partial charge on any atom is 0.243 e. The lowest BCUT2D eigenvalue weighted by Gasteiger charge is -2.35. The first-order valence-electron chi connectivity index (χ1n) is 6.80. The first-order valence-corrected chi connectivity index (χ1v) is 6.80. The third-order valence-electron chi connectivity index (χ3n) is 3.42. The topological polar surface area (TPSA) is 72.3 Å². The largest absolute Gasteiger partial charge is 0.368 e. The molecule has 0 aliphatic rings. The van der Waals surface area contributed by atoms with Crippen LogP contribution in [0.2, 0.25) is 0 Å². The summed E-state index contributed by atoms with van der Waals surface area (Å²) in [4.78, 5) is 14.0. The molecule has 0 spiro atoms. The van der Waals surface area contributed by atoms with Crippen molar-refractivity contribution in [3.8, 4) is 0 Å². The van der Waals surface area contributed by atoms with Crippen LogP contribution in [0.5, 0.6) is 0 Å². The molecule has 4 nitrogen and oxygen atoms in total. The van der Waals surface area contributed by atoms with E-state index < -0.39 is 11.4 Å². The highest BCUT2D eigenvalue weighted by Crippen LogP contribution is 2.20. The molecule has 106 valence electrons. The van der Waals surface area contributed by atoms with Crippen molar-refractivity contribution in [1.29, 1.82) is 0 Å². The van der Waals surface area contributed by atoms with Crippen molar-refractivity contribution in [3.63, 3.8) is 0 Å². The van der Waals surface area contributed by atoms with Crippen molar-refractivity contribution in [3.05, 3.63) is 35.9 Å². The maximum atomic E-state index is 11.9. The van der Waals surface area contributed by atoms with Crippen LogP contribution < -0.4 is 11.5 Å². The summed E-state index contributed by atoms with van der Waals surface area (Å²) in [6, 6.07) is 9.69. The molecule has 0 saturated carbocycles. The molecule has 1 unspecified atom stereocenters. The monoisotopic (exact) mass is 263 g/mol. The Morgan fingerprint density at radius 1 is 1.32 bits per heavy atom. The Kier molecular flexibility index (Phi) is 5.51. The van der Waals surface area contributed by atoms with Crippen LogP contribution in [0.3, 0.4) is 0 Å². The number of nitrogens with zero attached hydrogens (tertiary/aromatic N) is 1. The molecule has 1 aromatic carbocycles. The van der Waals surface area contributed by atoms with E-state index >= 15 is 0 Å². The molecule has 0 radical (unpaired) electrons.